The highest BCUT2D eigenvalue weighted by molar-refractivity contribution is 9.10. The number of benzene rings is 3. The summed E-state index contributed by atoms with van der Waals surface area (Å²) in [5, 5.41) is 6.78. The molecule has 1 saturated heterocycles. The summed E-state index contributed by atoms with van der Waals surface area (Å²) in [6.45, 7) is 8.45. The van der Waals surface area contributed by atoms with Gasteiger partial charge < -0.3 is 25.0 Å². The molecule has 1 aliphatic heterocycles. The molecule has 0 aliphatic carbocycles. The number of aromatic nitrogens is 4. The van der Waals surface area contributed by atoms with Gasteiger partial charge in [0.2, 0.25) is 5.95 Å². The van der Waals surface area contributed by atoms with Crippen LogP contribution in [0.3, 0.4) is 0 Å². The molecule has 0 radical (unpaired) electrons. The number of anilines is 5. The summed E-state index contributed by atoms with van der Waals surface area (Å²) in [6.07, 6.45) is 3.65. The lowest BCUT2D eigenvalue weighted by molar-refractivity contribution is 0.271. The number of hydrogen-bond acceptors (Lipinski definition) is 7. The topological polar surface area (TPSA) is 74.1 Å². The number of imidazole rings is 1. The molecule has 8 nitrogen and oxygen atoms in total. The van der Waals surface area contributed by atoms with E-state index in [1.165, 1.54) is 11.3 Å². The number of nitrogens with one attached hydrogen (secondary N) is 2. The van der Waals surface area contributed by atoms with E-state index in [9.17, 15) is 0 Å². The van der Waals surface area contributed by atoms with Gasteiger partial charge in [0.15, 0.2) is 0 Å². The van der Waals surface area contributed by atoms with Gasteiger partial charge in [-0.3, -0.25) is 0 Å². The molecule has 3 aromatic carbocycles. The second kappa shape index (κ2) is 11.4. The van der Waals surface area contributed by atoms with Crippen LogP contribution < -0.4 is 15.5 Å². The molecule has 1 fully saturated rings. The van der Waals surface area contributed by atoms with E-state index in [1.54, 1.807) is 6.20 Å². The summed E-state index contributed by atoms with van der Waals surface area (Å²) in [5.41, 5.74) is 6.37. The van der Waals surface area contributed by atoms with Crippen molar-refractivity contribution in [3.63, 3.8) is 0 Å². The maximum absolute atomic E-state index is 4.73. The highest BCUT2D eigenvalue weighted by Gasteiger charge is 2.16. The summed E-state index contributed by atoms with van der Waals surface area (Å²) < 4.78 is 2.94. The van der Waals surface area contributed by atoms with Crippen LogP contribution >= 0.6 is 15.9 Å². The molecule has 198 valence electrons. The van der Waals surface area contributed by atoms with Gasteiger partial charge in [-0.1, -0.05) is 37.3 Å². The SMILES string of the molecule is CCN1CCN(c2ccc(Nc3ncc(Br)c(Nc4ccc5ncn(Cc6ccccc6)c5c4)n3)cc2)CC1. The van der Waals surface area contributed by atoms with Crippen LogP contribution in [0.15, 0.2) is 89.8 Å². The predicted octanol–water partition coefficient (Wildman–Crippen LogP) is 6.27. The van der Waals surface area contributed by atoms with Crippen molar-refractivity contribution in [2.24, 2.45) is 0 Å². The van der Waals surface area contributed by atoms with Crippen LogP contribution in [-0.4, -0.2) is 57.1 Å². The van der Waals surface area contributed by atoms with E-state index in [1.807, 2.05) is 24.5 Å². The zero-order valence-electron chi connectivity index (χ0n) is 21.9. The average molecular weight is 584 g/mol. The zero-order chi connectivity index (χ0) is 26.6. The molecule has 2 aromatic heterocycles. The zero-order valence-corrected chi connectivity index (χ0v) is 23.5. The van der Waals surface area contributed by atoms with Gasteiger partial charge in [0.05, 0.1) is 21.8 Å². The fourth-order valence-electron chi connectivity index (χ4n) is 4.90. The Kier molecular flexibility index (Phi) is 7.42. The minimum Gasteiger partial charge on any atom is -0.369 e. The highest BCUT2D eigenvalue weighted by atomic mass is 79.9. The second-order valence-corrected chi connectivity index (χ2v) is 10.5. The third-order valence-corrected chi connectivity index (χ3v) is 7.71. The number of nitrogens with zero attached hydrogens (tertiary/aromatic N) is 6. The first-order valence-electron chi connectivity index (χ1n) is 13.3. The molecule has 0 saturated carbocycles. The molecule has 39 heavy (non-hydrogen) atoms. The molecule has 0 unspecified atom stereocenters. The molecule has 3 heterocycles. The molecule has 0 bridgehead atoms. The van der Waals surface area contributed by atoms with Gasteiger partial charge in [-0.25, -0.2) is 9.97 Å². The highest BCUT2D eigenvalue weighted by Crippen LogP contribution is 2.28. The van der Waals surface area contributed by atoms with E-state index >= 15 is 0 Å². The largest absolute Gasteiger partial charge is 0.369 e. The molecule has 6 rings (SSSR count). The minimum absolute atomic E-state index is 0.528. The third kappa shape index (κ3) is 5.89. The van der Waals surface area contributed by atoms with Crippen LogP contribution in [-0.2, 0) is 6.54 Å². The Morgan fingerprint density at radius 1 is 0.846 bits per heavy atom. The van der Waals surface area contributed by atoms with Crippen molar-refractivity contribution in [2.75, 3.05) is 48.3 Å². The molecule has 0 spiro atoms. The Balaban J connectivity index is 1.15. The summed E-state index contributed by atoms with van der Waals surface area (Å²) in [5.74, 6) is 1.21. The Morgan fingerprint density at radius 2 is 1.62 bits per heavy atom. The van der Waals surface area contributed by atoms with Crippen molar-refractivity contribution in [1.82, 2.24) is 24.4 Å². The van der Waals surface area contributed by atoms with Crippen molar-refractivity contribution in [2.45, 2.75) is 13.5 Å². The molecular formula is C30H31BrN8. The van der Waals surface area contributed by atoms with Crippen LogP contribution in [0, 0.1) is 0 Å². The maximum Gasteiger partial charge on any atom is 0.229 e. The van der Waals surface area contributed by atoms with Crippen molar-refractivity contribution >= 4 is 55.8 Å². The molecule has 2 N–H and O–H groups in total. The van der Waals surface area contributed by atoms with Gasteiger partial charge in [0, 0.05) is 56.0 Å². The van der Waals surface area contributed by atoms with Gasteiger partial charge in [0.25, 0.3) is 0 Å². The van der Waals surface area contributed by atoms with Gasteiger partial charge in [0.1, 0.15) is 5.82 Å². The predicted molar refractivity (Wildman–Crippen MR) is 162 cm³/mol. The van der Waals surface area contributed by atoms with E-state index in [0.717, 1.165) is 66.1 Å². The third-order valence-electron chi connectivity index (χ3n) is 7.13. The van der Waals surface area contributed by atoms with Crippen molar-refractivity contribution < 1.29 is 0 Å². The van der Waals surface area contributed by atoms with Crippen LogP contribution in [0.25, 0.3) is 11.0 Å². The number of halogens is 1. The van der Waals surface area contributed by atoms with Crippen LogP contribution in [0.1, 0.15) is 12.5 Å². The Morgan fingerprint density at radius 3 is 2.38 bits per heavy atom. The minimum atomic E-state index is 0.528. The fourth-order valence-corrected chi connectivity index (χ4v) is 5.19. The maximum atomic E-state index is 4.73. The molecule has 9 heteroatoms. The number of hydrogen-bond donors (Lipinski definition) is 2. The lowest BCUT2D eigenvalue weighted by atomic mass is 10.2. The van der Waals surface area contributed by atoms with E-state index < -0.39 is 0 Å². The van der Waals surface area contributed by atoms with E-state index in [-0.39, 0.29) is 0 Å². The molecule has 5 aromatic rings. The Hall–Kier alpha value is -3.95. The molecular weight excluding hydrogens is 552 g/mol. The number of piperazine rings is 1. The Labute approximate surface area is 236 Å². The van der Waals surface area contributed by atoms with Gasteiger partial charge in [-0.2, -0.15) is 4.98 Å². The number of likely N-dealkylation sites (N-methyl/N-ethyl adjacent to an activating group) is 1. The van der Waals surface area contributed by atoms with E-state index in [0.29, 0.717) is 11.8 Å². The van der Waals surface area contributed by atoms with E-state index in [4.69, 9.17) is 4.98 Å². The van der Waals surface area contributed by atoms with Gasteiger partial charge >= 0.3 is 0 Å². The summed E-state index contributed by atoms with van der Waals surface area (Å²) in [6, 6.07) is 25.0. The van der Waals surface area contributed by atoms with Crippen molar-refractivity contribution in [1.29, 1.82) is 0 Å². The first kappa shape index (κ1) is 25.3. The first-order chi connectivity index (χ1) is 19.1. The van der Waals surface area contributed by atoms with Crippen LogP contribution in [0.5, 0.6) is 0 Å². The second-order valence-electron chi connectivity index (χ2n) is 9.67. The normalized spacial score (nSPS) is 14.1. The van der Waals surface area contributed by atoms with Crippen LogP contribution in [0.4, 0.5) is 28.8 Å². The van der Waals surface area contributed by atoms with Crippen molar-refractivity contribution in [3.05, 3.63) is 95.4 Å². The first-order valence-corrected chi connectivity index (χ1v) is 14.1. The standard InChI is InChI=1S/C30H31BrN8/c1-2-37-14-16-38(17-15-37)25-11-8-23(9-12-25)35-30-32-19-26(31)29(36-30)34-24-10-13-27-28(18-24)39(21-33-27)20-22-6-4-3-5-7-22/h3-13,18-19,21H,2,14-17,20H2,1H3,(H2,32,34,35,36). The smallest absolute Gasteiger partial charge is 0.229 e. The fraction of sp³-hybridized carbons (Fsp3) is 0.233. The summed E-state index contributed by atoms with van der Waals surface area (Å²) >= 11 is 3.60. The quantitative estimate of drug-likeness (QED) is 0.223. The molecule has 0 amide bonds. The average Bonchev–Trinajstić information content (AvgIpc) is 3.37. The lowest BCUT2D eigenvalue weighted by Crippen LogP contribution is -2.46. The summed E-state index contributed by atoms with van der Waals surface area (Å²) in [7, 11) is 0. The monoisotopic (exact) mass is 582 g/mol. The molecule has 1 aliphatic rings. The van der Waals surface area contributed by atoms with E-state index in [2.05, 4.69) is 112 Å². The van der Waals surface area contributed by atoms with Crippen LogP contribution in [0.2, 0.25) is 0 Å². The lowest BCUT2D eigenvalue weighted by Gasteiger charge is -2.35. The van der Waals surface area contributed by atoms with Crippen molar-refractivity contribution in [3.8, 4) is 0 Å². The number of rotatable bonds is 8. The van der Waals surface area contributed by atoms with Gasteiger partial charge in [-0.15, -0.1) is 0 Å². The summed E-state index contributed by atoms with van der Waals surface area (Å²) in [4.78, 5) is 18.7. The number of fused-ring (bicyclic) bond motifs is 1. The molecule has 0 atom stereocenters. The van der Waals surface area contributed by atoms with Gasteiger partial charge in [-0.05, 0) is 70.5 Å². The Bertz CT molecular complexity index is 1540.